The second-order valence-corrected chi connectivity index (χ2v) is 16.7. The van der Waals surface area contributed by atoms with Crippen molar-refractivity contribution in [2.24, 2.45) is 4.99 Å². The van der Waals surface area contributed by atoms with Crippen LogP contribution < -0.4 is 16.4 Å². The van der Waals surface area contributed by atoms with Crippen LogP contribution in [-0.4, -0.2) is 23.4 Å². The molecule has 0 aliphatic heterocycles. The third kappa shape index (κ3) is 12.5. The summed E-state index contributed by atoms with van der Waals surface area (Å²) in [6, 6.07) is 20.0. The molecule has 19 heteroatoms. The Hall–Kier alpha value is -5.10. The second kappa shape index (κ2) is 23.8. The van der Waals surface area contributed by atoms with Crippen molar-refractivity contribution in [1.82, 2.24) is 0 Å². The maximum Gasteiger partial charge on any atom is 0.224 e. The zero-order valence-corrected chi connectivity index (χ0v) is 39.7. The normalized spacial score (nSPS) is 13.2. The Bertz CT molecular complexity index is 2340. The van der Waals surface area contributed by atoms with E-state index in [0.29, 0.717) is 0 Å². The summed E-state index contributed by atoms with van der Waals surface area (Å²) in [5.41, 5.74) is -11.5. The molecule has 0 radical (unpaired) electrons. The standard InChI is InChI=1S/C33H23BF15N.C5H9N.2C5H5.Zr/c1-6-8-11(10-50-33(3,4)5)13-12(9-7-2)14(13)34(15-18(35)24(41)30(47)25(42)19(15)36,16-20(37)26(43)31(48)27(44)21(16)38)17-22(39)28(45)32(49)29(46)23(17)40;1-5(2,3)6-4;2*1-2-4-5-3-1;/h6-9H2,1-5H3;1-3H3;2*1-5H;/q-2;;2*-1;. The van der Waals surface area contributed by atoms with Crippen LogP contribution in [0.1, 0.15) is 81.1 Å². The van der Waals surface area contributed by atoms with E-state index >= 15 is 52.7 Å². The van der Waals surface area contributed by atoms with Gasteiger partial charge in [0.25, 0.3) is 0 Å². The number of aliphatic imine (C=N–C) groups is 1. The summed E-state index contributed by atoms with van der Waals surface area (Å²) < 4.78 is 229. The Morgan fingerprint density at radius 3 is 1.03 bits per heavy atom. The van der Waals surface area contributed by atoms with Crippen LogP contribution in [0.25, 0.3) is 4.85 Å². The Morgan fingerprint density at radius 1 is 0.537 bits per heavy atom. The third-order valence-corrected chi connectivity index (χ3v) is 9.57. The molecular weight excluding hydrogens is 992 g/mol. The molecule has 0 aromatic heterocycles. The monoisotopic (exact) mass is 1030 g/mol. The molecule has 0 saturated heterocycles. The van der Waals surface area contributed by atoms with Crippen molar-refractivity contribution in [3.63, 3.8) is 0 Å². The van der Waals surface area contributed by atoms with Crippen LogP contribution in [0, 0.1) is 93.8 Å². The molecule has 67 heavy (non-hydrogen) atoms. The van der Waals surface area contributed by atoms with Crippen molar-refractivity contribution in [2.75, 3.05) is 0 Å². The molecule has 1 aliphatic rings. The number of halogens is 15. The molecule has 0 fully saturated rings. The van der Waals surface area contributed by atoms with Crippen LogP contribution in [0.3, 0.4) is 0 Å². The van der Waals surface area contributed by atoms with E-state index in [4.69, 9.17) is 6.57 Å². The molecule has 0 unspecified atom stereocenters. The van der Waals surface area contributed by atoms with E-state index in [1.54, 1.807) is 0 Å². The summed E-state index contributed by atoms with van der Waals surface area (Å²) in [7, 11) is 0. The van der Waals surface area contributed by atoms with Gasteiger partial charge in [-0.25, -0.2) is 102 Å². The van der Waals surface area contributed by atoms with Crippen molar-refractivity contribution in [2.45, 2.75) is 92.2 Å². The van der Waals surface area contributed by atoms with Gasteiger partial charge in [0.1, 0.15) is 41.0 Å². The quantitative estimate of drug-likeness (QED) is 0.0349. The summed E-state index contributed by atoms with van der Waals surface area (Å²) >= 11 is 0. The molecule has 6 rings (SSSR count). The number of hydrogen-bond acceptors (Lipinski definition) is 1. The van der Waals surface area contributed by atoms with E-state index in [0.717, 1.165) is 0 Å². The Labute approximate surface area is 397 Å². The second-order valence-electron chi connectivity index (χ2n) is 16.7. The van der Waals surface area contributed by atoms with Crippen LogP contribution in [0.15, 0.2) is 87.8 Å². The predicted octanol–water partition coefficient (Wildman–Crippen LogP) is 13.2. The van der Waals surface area contributed by atoms with Crippen LogP contribution in [0.5, 0.6) is 0 Å². The summed E-state index contributed by atoms with van der Waals surface area (Å²) in [5.74, 6) is -45.3. The molecule has 0 atom stereocenters. The van der Waals surface area contributed by atoms with Crippen LogP contribution in [0.4, 0.5) is 65.9 Å². The summed E-state index contributed by atoms with van der Waals surface area (Å²) in [6.07, 6.45) is -3.89. The van der Waals surface area contributed by atoms with Gasteiger partial charge in [-0.15, -0.1) is 22.6 Å². The molecule has 0 amide bonds. The number of nitrogens with zero attached hydrogens (tertiary/aromatic N) is 2. The largest absolute Gasteiger partial charge is 0.390 e. The van der Waals surface area contributed by atoms with Crippen LogP contribution in [0.2, 0.25) is 0 Å². The minimum atomic E-state index is -5.82. The van der Waals surface area contributed by atoms with Gasteiger partial charge >= 0.3 is 0 Å². The van der Waals surface area contributed by atoms with Gasteiger partial charge in [0.2, 0.25) is 5.54 Å². The molecule has 1 aliphatic carbocycles. The maximum absolute atomic E-state index is 16.0. The molecule has 2 nitrogen and oxygen atoms in total. The molecule has 0 saturated carbocycles. The molecule has 360 valence electrons. The van der Waals surface area contributed by atoms with Crippen molar-refractivity contribution < 1.29 is 92.1 Å². The van der Waals surface area contributed by atoms with Crippen LogP contribution in [-0.2, 0) is 26.2 Å². The minimum absolute atomic E-state index is 0. The van der Waals surface area contributed by atoms with Crippen molar-refractivity contribution in [3.8, 4) is 0 Å². The topological polar surface area (TPSA) is 16.7 Å². The molecule has 0 heterocycles. The fraction of sp³-hybridized carbons (Fsp3) is 0.292. The van der Waals surface area contributed by atoms with Gasteiger partial charge in [-0.05, 0) is 27.2 Å². The zero-order valence-electron chi connectivity index (χ0n) is 37.2. The summed E-state index contributed by atoms with van der Waals surface area (Å²) in [6.45, 7) is 19.7. The zero-order chi connectivity index (χ0) is 50.2. The first kappa shape index (κ1) is 58.0. The van der Waals surface area contributed by atoms with E-state index in [9.17, 15) is 13.2 Å². The predicted molar refractivity (Wildman–Crippen MR) is 225 cm³/mol. The Kier molecular flexibility index (Phi) is 20.6. The molecule has 0 N–H and O–H groups in total. The number of benzene rings is 3. The van der Waals surface area contributed by atoms with E-state index in [1.165, 1.54) is 34.6 Å². The van der Waals surface area contributed by atoms with Gasteiger partial charge < -0.3 is 9.84 Å². The number of rotatable bonds is 9. The maximum atomic E-state index is 16.0. The van der Waals surface area contributed by atoms with Crippen molar-refractivity contribution in [1.29, 1.82) is 0 Å². The van der Waals surface area contributed by atoms with Gasteiger partial charge in [0, 0.05) is 52.5 Å². The molecule has 0 bridgehead atoms. The average Bonchev–Trinajstić information content (AvgIpc) is 3.72. The first-order valence-electron chi connectivity index (χ1n) is 20.1. The van der Waals surface area contributed by atoms with E-state index in [-0.39, 0.29) is 56.6 Å². The first-order valence-corrected chi connectivity index (χ1v) is 20.1. The van der Waals surface area contributed by atoms with Crippen molar-refractivity contribution in [3.05, 3.63) is 182 Å². The minimum Gasteiger partial charge on any atom is -0.390 e. The Balaban J connectivity index is 0.000000762. The number of allylic oxidation sites excluding steroid dienone is 4. The third-order valence-electron chi connectivity index (χ3n) is 9.57. The van der Waals surface area contributed by atoms with E-state index < -0.39 is 138 Å². The molecule has 5 aromatic carbocycles. The fourth-order valence-corrected chi connectivity index (χ4v) is 6.81. The summed E-state index contributed by atoms with van der Waals surface area (Å²) in [5, 5.41) is 0. The molecule has 5 aromatic rings. The average molecular weight is 1030 g/mol. The Morgan fingerprint density at radius 2 is 0.821 bits per heavy atom. The SMILES string of the molecule is CCCC([C-]=NC(C)(C)C)=C1C(CCC)=C1[B-](c1c(F)c(F)c(F)c(F)c1F)(c1c(F)c(F)c(F)c(F)c1F)c1c(F)c(F)c(F)c(F)c1F.[C-]#[N+]C(C)(C)C.[Zr].c1cc[cH-]c1.c1cc[cH-]c1. The van der Waals surface area contributed by atoms with Crippen molar-refractivity contribution >= 4 is 28.7 Å². The fourth-order valence-electron chi connectivity index (χ4n) is 6.81. The molecule has 0 spiro atoms. The van der Waals surface area contributed by atoms with Gasteiger partial charge in [0.05, 0.1) is 0 Å². The molecular formula is C48H42BF15N2Zr-4. The summed E-state index contributed by atoms with van der Waals surface area (Å²) in [4.78, 5) is 7.38. The van der Waals surface area contributed by atoms with Crippen LogP contribution >= 0.6 is 0 Å². The van der Waals surface area contributed by atoms with E-state index in [2.05, 4.69) is 16.1 Å². The van der Waals surface area contributed by atoms with Gasteiger partial charge in [0.15, 0.2) is 52.4 Å². The van der Waals surface area contributed by atoms with Gasteiger partial charge in [-0.2, -0.15) is 47.5 Å². The smallest absolute Gasteiger partial charge is 0.224 e. The number of hydrogen-bond donors (Lipinski definition) is 0. The van der Waals surface area contributed by atoms with Gasteiger partial charge in [-0.1, -0.05) is 33.1 Å². The first-order chi connectivity index (χ1) is 30.7. The van der Waals surface area contributed by atoms with E-state index in [1.807, 2.05) is 81.4 Å². The van der Waals surface area contributed by atoms with Gasteiger partial charge in [-0.3, -0.25) is 5.47 Å².